The zero-order chi connectivity index (χ0) is 14.2. The van der Waals surface area contributed by atoms with Gasteiger partial charge in [0, 0.05) is 12.2 Å². The fourth-order valence-corrected chi connectivity index (χ4v) is 2.40. The van der Waals surface area contributed by atoms with Gasteiger partial charge < -0.3 is 4.74 Å². The summed E-state index contributed by atoms with van der Waals surface area (Å²) in [5, 5.41) is 0. The van der Waals surface area contributed by atoms with E-state index in [4.69, 9.17) is 17.4 Å². The third-order valence-electron chi connectivity index (χ3n) is 3.33. The van der Waals surface area contributed by atoms with Crippen molar-refractivity contribution in [2.45, 2.75) is 84.0 Å². The highest BCUT2D eigenvalue weighted by atomic mass is 32.1. The lowest BCUT2D eigenvalue weighted by Gasteiger charge is -2.03. The van der Waals surface area contributed by atoms with Crippen LogP contribution in [0.15, 0.2) is 0 Å². The monoisotopic (exact) mass is 287 g/mol. The molecule has 0 unspecified atom stereocenters. The van der Waals surface area contributed by atoms with Crippen molar-refractivity contribution in [1.82, 2.24) is 0 Å². The zero-order valence-electron chi connectivity index (χ0n) is 12.6. The van der Waals surface area contributed by atoms with Crippen molar-refractivity contribution in [3.63, 3.8) is 0 Å². The summed E-state index contributed by atoms with van der Waals surface area (Å²) in [7, 11) is 0. The summed E-state index contributed by atoms with van der Waals surface area (Å²) >= 11 is 4.92. The molecule has 0 fully saturated rings. The number of ether oxygens (including phenoxy) is 1. The van der Waals surface area contributed by atoms with Crippen LogP contribution in [-0.4, -0.2) is 18.3 Å². The number of carbonyl (C=O) groups is 1. The van der Waals surface area contributed by atoms with Crippen molar-refractivity contribution in [3.05, 3.63) is 0 Å². The van der Waals surface area contributed by atoms with Gasteiger partial charge in [0.25, 0.3) is 0 Å². The zero-order valence-corrected chi connectivity index (χ0v) is 13.4. The van der Waals surface area contributed by atoms with Crippen LogP contribution in [0, 0.1) is 0 Å². The predicted octanol–water partition coefficient (Wildman–Crippen LogP) is 5.43. The third kappa shape index (κ3) is 15.8. The van der Waals surface area contributed by atoms with E-state index in [-0.39, 0.29) is 5.97 Å². The Kier molecular flexibility index (Phi) is 15.7. The molecule has 0 aromatic rings. The Balaban J connectivity index is 3.01. The standard InChI is InChI=1S/C16H31O2S/c1-2-18-16(17)14-12-10-8-6-4-3-5-7-9-11-13-15-19/h2-15H2,1H3. The van der Waals surface area contributed by atoms with Gasteiger partial charge in [0.05, 0.1) is 6.61 Å². The van der Waals surface area contributed by atoms with Gasteiger partial charge in [0.15, 0.2) is 0 Å². The maximum Gasteiger partial charge on any atom is 0.305 e. The lowest BCUT2D eigenvalue weighted by Crippen LogP contribution is -2.03. The first-order valence-electron chi connectivity index (χ1n) is 8.05. The molecule has 0 saturated heterocycles. The summed E-state index contributed by atoms with van der Waals surface area (Å²) in [6.07, 6.45) is 14.7. The van der Waals surface area contributed by atoms with Crippen LogP contribution >= 0.6 is 12.6 Å². The van der Waals surface area contributed by atoms with Crippen molar-refractivity contribution in [3.8, 4) is 0 Å². The van der Waals surface area contributed by atoms with E-state index in [1.807, 2.05) is 6.92 Å². The molecule has 0 atom stereocenters. The Morgan fingerprint density at radius 3 is 1.63 bits per heavy atom. The average Bonchev–Trinajstić information content (AvgIpc) is 2.40. The van der Waals surface area contributed by atoms with Gasteiger partial charge in [-0.25, -0.2) is 0 Å². The molecule has 0 aliphatic carbocycles. The highest BCUT2D eigenvalue weighted by molar-refractivity contribution is 7.80. The van der Waals surface area contributed by atoms with E-state index in [1.54, 1.807) is 0 Å². The highest BCUT2D eigenvalue weighted by Crippen LogP contribution is 2.12. The average molecular weight is 287 g/mol. The first kappa shape index (κ1) is 18.8. The smallest absolute Gasteiger partial charge is 0.305 e. The van der Waals surface area contributed by atoms with E-state index in [0.717, 1.165) is 18.6 Å². The van der Waals surface area contributed by atoms with E-state index in [9.17, 15) is 4.79 Å². The number of rotatable bonds is 14. The van der Waals surface area contributed by atoms with Crippen molar-refractivity contribution in [1.29, 1.82) is 0 Å². The van der Waals surface area contributed by atoms with Crippen LogP contribution in [0.2, 0.25) is 0 Å². The van der Waals surface area contributed by atoms with E-state index < -0.39 is 0 Å². The van der Waals surface area contributed by atoms with Gasteiger partial charge in [-0.2, -0.15) is 0 Å². The van der Waals surface area contributed by atoms with E-state index in [1.165, 1.54) is 57.8 Å². The molecule has 0 aromatic carbocycles. The number of unbranched alkanes of at least 4 members (excludes halogenated alkanes) is 10. The van der Waals surface area contributed by atoms with Crippen LogP contribution in [0.3, 0.4) is 0 Å². The van der Waals surface area contributed by atoms with Gasteiger partial charge >= 0.3 is 5.97 Å². The van der Waals surface area contributed by atoms with Crippen LogP contribution in [0.25, 0.3) is 0 Å². The van der Waals surface area contributed by atoms with Crippen molar-refractivity contribution < 1.29 is 9.53 Å². The third-order valence-corrected chi connectivity index (χ3v) is 3.62. The van der Waals surface area contributed by atoms with Crippen LogP contribution < -0.4 is 0 Å². The molecule has 0 saturated carbocycles. The molecule has 0 aliphatic rings. The van der Waals surface area contributed by atoms with Crippen molar-refractivity contribution in [2.75, 3.05) is 12.4 Å². The molecule has 0 N–H and O–H groups in total. The molecule has 0 spiro atoms. The quantitative estimate of drug-likeness (QED) is 0.314. The lowest BCUT2D eigenvalue weighted by molar-refractivity contribution is -0.143. The number of hydrogen-bond acceptors (Lipinski definition) is 2. The minimum Gasteiger partial charge on any atom is -0.466 e. The summed E-state index contributed by atoms with van der Waals surface area (Å²) in [4.78, 5) is 11.1. The van der Waals surface area contributed by atoms with E-state index in [0.29, 0.717) is 13.0 Å². The molecule has 0 rings (SSSR count). The number of carbonyl (C=O) groups excluding carboxylic acids is 1. The van der Waals surface area contributed by atoms with Gasteiger partial charge in [-0.15, -0.1) is 0 Å². The minimum atomic E-state index is -0.0402. The fourth-order valence-electron chi connectivity index (χ4n) is 2.20. The van der Waals surface area contributed by atoms with Gasteiger partial charge in [0.1, 0.15) is 0 Å². The highest BCUT2D eigenvalue weighted by Gasteiger charge is 2.00. The van der Waals surface area contributed by atoms with Crippen molar-refractivity contribution in [2.24, 2.45) is 0 Å². The van der Waals surface area contributed by atoms with Gasteiger partial charge in [-0.1, -0.05) is 70.4 Å². The number of hydrogen-bond donors (Lipinski definition) is 0. The molecule has 113 valence electrons. The largest absolute Gasteiger partial charge is 0.466 e. The molecule has 0 aromatic heterocycles. The Morgan fingerprint density at radius 2 is 1.21 bits per heavy atom. The Bertz CT molecular complexity index is 195. The maximum absolute atomic E-state index is 11.1. The van der Waals surface area contributed by atoms with Crippen LogP contribution in [0.1, 0.15) is 84.0 Å². The Labute approximate surface area is 125 Å². The fraction of sp³-hybridized carbons (Fsp3) is 0.938. The SMILES string of the molecule is CCOC(=O)CCCCCCCCCCCCC[S]. The molecule has 3 heteroatoms. The molecule has 1 radical (unpaired) electrons. The first-order chi connectivity index (χ1) is 9.31. The maximum atomic E-state index is 11.1. The second-order valence-corrected chi connectivity index (χ2v) is 5.56. The molecular weight excluding hydrogens is 256 g/mol. The second kappa shape index (κ2) is 15.9. The molecular formula is C16H31O2S. The molecule has 2 nitrogen and oxygen atoms in total. The molecule has 19 heavy (non-hydrogen) atoms. The van der Waals surface area contributed by atoms with Crippen LogP contribution in [-0.2, 0) is 9.53 Å². The van der Waals surface area contributed by atoms with E-state index >= 15 is 0 Å². The lowest BCUT2D eigenvalue weighted by atomic mass is 10.1. The van der Waals surface area contributed by atoms with Crippen LogP contribution in [0.4, 0.5) is 0 Å². The number of esters is 1. The normalized spacial score (nSPS) is 10.6. The Hall–Kier alpha value is -0.180. The first-order valence-corrected chi connectivity index (χ1v) is 8.62. The summed E-state index contributed by atoms with van der Waals surface area (Å²) in [6, 6.07) is 0. The topological polar surface area (TPSA) is 26.3 Å². The molecule has 0 aliphatic heterocycles. The van der Waals surface area contributed by atoms with E-state index in [2.05, 4.69) is 0 Å². The second-order valence-electron chi connectivity index (χ2n) is 5.15. The van der Waals surface area contributed by atoms with Crippen molar-refractivity contribution >= 4 is 18.6 Å². The molecule has 0 bridgehead atoms. The summed E-state index contributed by atoms with van der Waals surface area (Å²) in [5.41, 5.74) is 0. The Morgan fingerprint density at radius 1 is 0.789 bits per heavy atom. The van der Waals surface area contributed by atoms with Gasteiger partial charge in [-0.3, -0.25) is 4.79 Å². The van der Waals surface area contributed by atoms with Gasteiger partial charge in [-0.05, 0) is 19.8 Å². The summed E-state index contributed by atoms with van der Waals surface area (Å²) in [5.74, 6) is 0.882. The van der Waals surface area contributed by atoms with Gasteiger partial charge in [0.2, 0.25) is 0 Å². The molecule has 0 heterocycles. The molecule has 0 amide bonds. The minimum absolute atomic E-state index is 0.0402. The predicted molar refractivity (Wildman–Crippen MR) is 84.5 cm³/mol. The summed E-state index contributed by atoms with van der Waals surface area (Å²) < 4.78 is 4.90. The summed E-state index contributed by atoms with van der Waals surface area (Å²) in [6.45, 7) is 2.36. The van der Waals surface area contributed by atoms with Crippen LogP contribution in [0.5, 0.6) is 0 Å².